The Morgan fingerprint density at radius 3 is 2.29 bits per heavy atom. The molecule has 1 fully saturated rings. The minimum absolute atomic E-state index is 0.0160. The summed E-state index contributed by atoms with van der Waals surface area (Å²) in [7, 11) is 3.72. The van der Waals surface area contributed by atoms with Gasteiger partial charge in [-0.2, -0.15) is 0 Å². The third kappa shape index (κ3) is 3.93. The molecule has 0 aromatic heterocycles. The largest absolute Gasteiger partial charge is 0.507 e. The highest BCUT2D eigenvalue weighted by Crippen LogP contribution is 2.39. The number of hydrogen-bond acceptors (Lipinski definition) is 4. The predicted molar refractivity (Wildman–Crippen MR) is 105 cm³/mol. The molecule has 5 nitrogen and oxygen atoms in total. The van der Waals surface area contributed by atoms with Crippen LogP contribution in [0.4, 0.5) is 4.39 Å². The number of ketones is 1. The maximum absolute atomic E-state index is 13.4. The van der Waals surface area contributed by atoms with Crippen molar-refractivity contribution in [1.29, 1.82) is 0 Å². The van der Waals surface area contributed by atoms with Gasteiger partial charge >= 0.3 is 0 Å². The number of hydrogen-bond donors (Lipinski definition) is 1. The summed E-state index contributed by atoms with van der Waals surface area (Å²) in [5.74, 6) is -2.16. The molecule has 0 bridgehead atoms. The number of likely N-dealkylation sites (N-methyl/N-ethyl adjacent to an activating group) is 1. The van der Waals surface area contributed by atoms with Crippen LogP contribution in [-0.2, 0) is 9.59 Å². The number of carbonyl (C=O) groups is 2. The van der Waals surface area contributed by atoms with Crippen LogP contribution in [0.15, 0.2) is 54.1 Å². The van der Waals surface area contributed by atoms with E-state index in [0.29, 0.717) is 22.7 Å². The Hall–Kier alpha value is -2.70. The van der Waals surface area contributed by atoms with E-state index in [4.69, 9.17) is 11.6 Å². The molecule has 1 aliphatic rings. The van der Waals surface area contributed by atoms with Crippen LogP contribution in [0.5, 0.6) is 0 Å². The molecule has 0 aliphatic carbocycles. The van der Waals surface area contributed by atoms with Crippen LogP contribution in [0.3, 0.4) is 0 Å². The van der Waals surface area contributed by atoms with Crippen LogP contribution in [0.25, 0.3) is 5.76 Å². The van der Waals surface area contributed by atoms with Crippen molar-refractivity contribution in [3.05, 3.63) is 76.1 Å². The number of likely N-dealkylation sites (tertiary alicyclic amines) is 1. The zero-order chi connectivity index (χ0) is 20.4. The fourth-order valence-electron chi connectivity index (χ4n) is 3.17. The SMILES string of the molecule is CN(C)CCN1C(=O)C(=O)C(=C(O)c2ccc(Cl)cc2)[C@H]1c1ccc(F)cc1. The standard InChI is InChI=1S/C21H20ClFN2O3/c1-24(2)11-12-25-18(13-5-9-16(23)10-6-13)17(20(27)21(25)28)19(26)14-3-7-15(22)8-4-14/h3-10,18,26H,11-12H2,1-2H3/t18-/m1/s1. The van der Waals surface area contributed by atoms with E-state index in [1.807, 2.05) is 19.0 Å². The molecule has 1 heterocycles. The highest BCUT2D eigenvalue weighted by atomic mass is 35.5. The van der Waals surface area contributed by atoms with Crippen LogP contribution in [0, 0.1) is 5.82 Å². The molecule has 2 aromatic rings. The van der Waals surface area contributed by atoms with Crippen molar-refractivity contribution in [1.82, 2.24) is 9.80 Å². The molecule has 1 saturated heterocycles. The molecule has 1 atom stereocenters. The lowest BCUT2D eigenvalue weighted by Crippen LogP contribution is -2.35. The Balaban J connectivity index is 2.13. The number of amides is 1. The number of aliphatic hydroxyl groups is 1. The number of carbonyl (C=O) groups excluding carboxylic acids is 2. The van der Waals surface area contributed by atoms with Gasteiger partial charge in [0.15, 0.2) is 0 Å². The van der Waals surface area contributed by atoms with Gasteiger partial charge in [0.25, 0.3) is 11.7 Å². The van der Waals surface area contributed by atoms with E-state index in [2.05, 4.69) is 0 Å². The van der Waals surface area contributed by atoms with Crippen molar-refractivity contribution in [2.24, 2.45) is 0 Å². The first-order valence-electron chi connectivity index (χ1n) is 8.74. The molecule has 7 heteroatoms. The van der Waals surface area contributed by atoms with E-state index in [1.54, 1.807) is 24.3 Å². The summed E-state index contributed by atoms with van der Waals surface area (Å²) >= 11 is 5.89. The lowest BCUT2D eigenvalue weighted by Gasteiger charge is -2.26. The number of aliphatic hydroxyl groups excluding tert-OH is 1. The Morgan fingerprint density at radius 1 is 1.11 bits per heavy atom. The second-order valence-corrected chi connectivity index (χ2v) is 7.29. The van der Waals surface area contributed by atoms with Crippen molar-refractivity contribution in [2.75, 3.05) is 27.2 Å². The van der Waals surface area contributed by atoms with Gasteiger partial charge in [-0.3, -0.25) is 9.59 Å². The number of halogens is 2. The highest BCUT2D eigenvalue weighted by molar-refractivity contribution is 6.46. The molecule has 1 N–H and O–H groups in total. The number of nitrogens with zero attached hydrogens (tertiary/aromatic N) is 2. The summed E-state index contributed by atoms with van der Waals surface area (Å²) in [6.07, 6.45) is 0. The normalized spacial score (nSPS) is 18.9. The maximum atomic E-state index is 13.4. The molecule has 3 rings (SSSR count). The summed E-state index contributed by atoms with van der Waals surface area (Å²) in [6, 6.07) is 11.1. The van der Waals surface area contributed by atoms with Crippen LogP contribution >= 0.6 is 11.6 Å². The Bertz CT molecular complexity index is 924. The van der Waals surface area contributed by atoms with Gasteiger partial charge in [0.1, 0.15) is 11.6 Å². The van der Waals surface area contributed by atoms with E-state index in [9.17, 15) is 19.1 Å². The Kier molecular flexibility index (Phi) is 5.82. The zero-order valence-electron chi connectivity index (χ0n) is 15.5. The Morgan fingerprint density at radius 2 is 1.71 bits per heavy atom. The van der Waals surface area contributed by atoms with Crippen LogP contribution in [-0.4, -0.2) is 53.8 Å². The van der Waals surface area contributed by atoms with Crippen molar-refractivity contribution in [3.8, 4) is 0 Å². The van der Waals surface area contributed by atoms with Crippen molar-refractivity contribution in [3.63, 3.8) is 0 Å². The Labute approximate surface area is 167 Å². The average molecular weight is 403 g/mol. The first kappa shape index (κ1) is 20.0. The van der Waals surface area contributed by atoms with E-state index in [0.717, 1.165) is 0 Å². The minimum atomic E-state index is -0.795. The van der Waals surface area contributed by atoms with Gasteiger partial charge in [-0.15, -0.1) is 0 Å². The maximum Gasteiger partial charge on any atom is 0.295 e. The lowest BCUT2D eigenvalue weighted by molar-refractivity contribution is -0.140. The third-order valence-corrected chi connectivity index (χ3v) is 4.88. The van der Waals surface area contributed by atoms with Crippen LogP contribution < -0.4 is 0 Å². The minimum Gasteiger partial charge on any atom is -0.507 e. The zero-order valence-corrected chi connectivity index (χ0v) is 16.3. The number of benzene rings is 2. The van der Waals surface area contributed by atoms with Gasteiger partial charge < -0.3 is 14.9 Å². The van der Waals surface area contributed by atoms with Crippen molar-refractivity contribution in [2.45, 2.75) is 6.04 Å². The van der Waals surface area contributed by atoms with Crippen LogP contribution in [0.1, 0.15) is 17.2 Å². The third-order valence-electron chi connectivity index (χ3n) is 4.63. The lowest BCUT2D eigenvalue weighted by atomic mass is 9.95. The molecule has 146 valence electrons. The van der Waals surface area contributed by atoms with E-state index in [-0.39, 0.29) is 17.9 Å². The van der Waals surface area contributed by atoms with Crippen molar-refractivity contribution < 1.29 is 19.1 Å². The molecule has 1 amide bonds. The molecule has 0 radical (unpaired) electrons. The average Bonchev–Trinajstić information content (AvgIpc) is 2.91. The van der Waals surface area contributed by atoms with E-state index in [1.165, 1.54) is 29.2 Å². The van der Waals surface area contributed by atoms with Gasteiger partial charge in [0, 0.05) is 23.7 Å². The fraction of sp³-hybridized carbons (Fsp3) is 0.238. The van der Waals surface area contributed by atoms with Crippen molar-refractivity contribution >= 4 is 29.1 Å². The molecule has 28 heavy (non-hydrogen) atoms. The molecular weight excluding hydrogens is 383 g/mol. The second-order valence-electron chi connectivity index (χ2n) is 6.85. The molecule has 0 saturated carbocycles. The topological polar surface area (TPSA) is 60.9 Å². The molecule has 0 spiro atoms. The molecule has 1 aliphatic heterocycles. The first-order chi connectivity index (χ1) is 13.3. The van der Waals surface area contributed by atoms with Gasteiger partial charge in [0.2, 0.25) is 0 Å². The van der Waals surface area contributed by atoms with Crippen LogP contribution in [0.2, 0.25) is 5.02 Å². The molecule has 0 unspecified atom stereocenters. The summed E-state index contributed by atoms with van der Waals surface area (Å²) in [4.78, 5) is 28.8. The van der Waals surface area contributed by atoms with Gasteiger partial charge in [-0.1, -0.05) is 23.7 Å². The summed E-state index contributed by atoms with van der Waals surface area (Å²) in [6.45, 7) is 0.822. The molecular formula is C21H20ClFN2O3. The van der Waals surface area contributed by atoms with Gasteiger partial charge in [0.05, 0.1) is 11.6 Å². The van der Waals surface area contributed by atoms with Gasteiger partial charge in [-0.05, 0) is 56.1 Å². The monoisotopic (exact) mass is 402 g/mol. The fourth-order valence-corrected chi connectivity index (χ4v) is 3.30. The van der Waals surface area contributed by atoms with E-state index >= 15 is 0 Å². The smallest absolute Gasteiger partial charge is 0.295 e. The molecule has 2 aromatic carbocycles. The summed E-state index contributed by atoms with van der Waals surface area (Å²) in [5.41, 5.74) is 0.912. The summed E-state index contributed by atoms with van der Waals surface area (Å²) in [5, 5.41) is 11.3. The predicted octanol–water partition coefficient (Wildman–Crippen LogP) is 3.46. The first-order valence-corrected chi connectivity index (χ1v) is 9.12. The van der Waals surface area contributed by atoms with Gasteiger partial charge in [-0.25, -0.2) is 4.39 Å². The number of Topliss-reactive ketones (excluding diaryl/α,β-unsaturated/α-hetero) is 1. The second kappa shape index (κ2) is 8.12. The highest BCUT2D eigenvalue weighted by Gasteiger charge is 2.45. The summed E-state index contributed by atoms with van der Waals surface area (Å²) < 4.78 is 13.4. The van der Waals surface area contributed by atoms with E-state index < -0.39 is 23.5 Å². The number of rotatable bonds is 5. The quantitative estimate of drug-likeness (QED) is 0.472.